The summed E-state index contributed by atoms with van der Waals surface area (Å²) in [4.78, 5) is 40.2. The van der Waals surface area contributed by atoms with Crippen LogP contribution in [0.2, 0.25) is 0 Å². The van der Waals surface area contributed by atoms with Crippen LogP contribution >= 0.6 is 11.3 Å². The first kappa shape index (κ1) is 21.8. The Labute approximate surface area is 168 Å². The second-order valence-electron chi connectivity index (χ2n) is 6.54. The van der Waals surface area contributed by atoms with Gasteiger partial charge in [-0.25, -0.2) is 9.78 Å². The normalized spacial score (nSPS) is 13.0. The highest BCUT2D eigenvalue weighted by Gasteiger charge is 2.26. The van der Waals surface area contributed by atoms with Gasteiger partial charge in [0.05, 0.1) is 22.3 Å². The Morgan fingerprint density at radius 3 is 2.68 bits per heavy atom. The van der Waals surface area contributed by atoms with Gasteiger partial charge in [-0.15, -0.1) is 11.3 Å². The molecule has 0 aliphatic heterocycles. The molecule has 7 nitrogen and oxygen atoms in total. The number of carbonyl (C=O) groups excluding carboxylic acids is 3. The molecule has 1 aromatic heterocycles. The van der Waals surface area contributed by atoms with E-state index in [0.29, 0.717) is 19.3 Å². The number of amides is 1. The fraction of sp³-hybridized carbons (Fsp3) is 0.500. The van der Waals surface area contributed by atoms with Gasteiger partial charge in [-0.2, -0.15) is 0 Å². The molecule has 28 heavy (non-hydrogen) atoms. The molecule has 0 aliphatic rings. The van der Waals surface area contributed by atoms with Crippen LogP contribution in [0.4, 0.5) is 0 Å². The van der Waals surface area contributed by atoms with Crippen molar-refractivity contribution in [2.45, 2.75) is 45.6 Å². The van der Waals surface area contributed by atoms with Crippen molar-refractivity contribution in [3.8, 4) is 0 Å². The molecule has 0 saturated heterocycles. The van der Waals surface area contributed by atoms with Crippen molar-refractivity contribution in [3.63, 3.8) is 0 Å². The van der Waals surface area contributed by atoms with Gasteiger partial charge in [-0.3, -0.25) is 9.59 Å². The lowest BCUT2D eigenvalue weighted by Gasteiger charge is -2.21. The van der Waals surface area contributed by atoms with Gasteiger partial charge < -0.3 is 14.8 Å². The maximum atomic E-state index is 12.0. The third-order valence-corrected chi connectivity index (χ3v) is 5.55. The minimum atomic E-state index is -0.750. The molecular weight excluding hydrogens is 380 g/mol. The van der Waals surface area contributed by atoms with Crippen molar-refractivity contribution in [1.82, 2.24) is 10.3 Å². The lowest BCUT2D eigenvalue weighted by Crippen LogP contribution is -2.47. The van der Waals surface area contributed by atoms with Crippen LogP contribution in [0.15, 0.2) is 24.3 Å². The Hall–Kier alpha value is -2.48. The summed E-state index contributed by atoms with van der Waals surface area (Å²) in [7, 11) is 1.27. The van der Waals surface area contributed by atoms with Gasteiger partial charge in [0.25, 0.3) is 5.91 Å². The zero-order valence-corrected chi connectivity index (χ0v) is 17.2. The first-order valence-electron chi connectivity index (χ1n) is 9.31. The Morgan fingerprint density at radius 2 is 2.00 bits per heavy atom. The quantitative estimate of drug-likeness (QED) is 0.610. The van der Waals surface area contributed by atoms with E-state index in [0.717, 1.165) is 15.2 Å². The molecule has 1 N–H and O–H groups in total. The number of esters is 2. The molecule has 2 aromatic rings. The van der Waals surface area contributed by atoms with Crippen LogP contribution in [0.5, 0.6) is 0 Å². The third-order valence-electron chi connectivity index (χ3n) is 4.46. The van der Waals surface area contributed by atoms with Crippen molar-refractivity contribution < 1.29 is 23.9 Å². The monoisotopic (exact) mass is 406 g/mol. The smallest absolute Gasteiger partial charge is 0.328 e. The van der Waals surface area contributed by atoms with Gasteiger partial charge in [0.2, 0.25) is 0 Å². The van der Waals surface area contributed by atoms with Gasteiger partial charge in [0.15, 0.2) is 6.61 Å². The minimum Gasteiger partial charge on any atom is -0.467 e. The fourth-order valence-corrected chi connectivity index (χ4v) is 3.65. The molecule has 0 radical (unpaired) electrons. The van der Waals surface area contributed by atoms with E-state index in [9.17, 15) is 14.4 Å². The zero-order valence-electron chi connectivity index (χ0n) is 16.4. The van der Waals surface area contributed by atoms with Crippen molar-refractivity contribution in [3.05, 3.63) is 29.3 Å². The molecule has 0 fully saturated rings. The van der Waals surface area contributed by atoms with Gasteiger partial charge in [-0.1, -0.05) is 32.4 Å². The predicted octanol–water partition coefficient (Wildman–Crippen LogP) is 2.87. The van der Waals surface area contributed by atoms with E-state index in [2.05, 4.69) is 10.3 Å². The molecule has 1 aromatic carbocycles. The average molecular weight is 407 g/mol. The molecule has 2 atom stereocenters. The molecule has 0 spiro atoms. The summed E-state index contributed by atoms with van der Waals surface area (Å²) in [6.07, 6.45) is 2.18. The number of rotatable bonds is 10. The molecule has 152 valence electrons. The maximum Gasteiger partial charge on any atom is 0.328 e. The average Bonchev–Trinajstić information content (AvgIpc) is 3.12. The molecular formula is C20H26N2O5S. The van der Waals surface area contributed by atoms with Crippen molar-refractivity contribution in [2.75, 3.05) is 13.7 Å². The number of nitrogens with one attached hydrogen (secondary N) is 1. The van der Waals surface area contributed by atoms with Crippen LogP contribution in [-0.4, -0.2) is 42.6 Å². The van der Waals surface area contributed by atoms with Gasteiger partial charge in [0.1, 0.15) is 6.04 Å². The Kier molecular flexibility index (Phi) is 8.38. The number of ether oxygens (including phenoxy) is 2. The Balaban J connectivity index is 1.72. The van der Waals surface area contributed by atoms with E-state index in [1.807, 2.05) is 38.1 Å². The van der Waals surface area contributed by atoms with E-state index < -0.39 is 30.5 Å². The van der Waals surface area contributed by atoms with Gasteiger partial charge >= 0.3 is 11.9 Å². The van der Waals surface area contributed by atoms with E-state index in [1.165, 1.54) is 7.11 Å². The predicted molar refractivity (Wildman–Crippen MR) is 107 cm³/mol. The summed E-state index contributed by atoms with van der Waals surface area (Å²) < 4.78 is 10.8. The van der Waals surface area contributed by atoms with E-state index >= 15 is 0 Å². The summed E-state index contributed by atoms with van der Waals surface area (Å²) in [5.41, 5.74) is 0.961. The largest absolute Gasteiger partial charge is 0.467 e. The van der Waals surface area contributed by atoms with Crippen molar-refractivity contribution >= 4 is 39.4 Å². The third kappa shape index (κ3) is 6.30. The molecule has 1 amide bonds. The highest BCUT2D eigenvalue weighted by atomic mass is 32.1. The van der Waals surface area contributed by atoms with E-state index in [1.54, 1.807) is 11.3 Å². The number of carbonyl (C=O) groups is 3. The summed E-state index contributed by atoms with van der Waals surface area (Å²) in [5.74, 6) is -1.56. The molecule has 0 bridgehead atoms. The number of hydrogen-bond donors (Lipinski definition) is 1. The highest BCUT2D eigenvalue weighted by Crippen LogP contribution is 2.22. The molecule has 0 aliphatic carbocycles. The topological polar surface area (TPSA) is 94.6 Å². The molecule has 1 heterocycles. The van der Waals surface area contributed by atoms with Crippen LogP contribution in [0.3, 0.4) is 0 Å². The Morgan fingerprint density at radius 1 is 1.25 bits per heavy atom. The maximum absolute atomic E-state index is 12.0. The molecule has 2 rings (SSSR count). The number of para-hydroxylation sites is 1. The second kappa shape index (κ2) is 10.8. The lowest BCUT2D eigenvalue weighted by molar-refractivity contribution is -0.151. The Bertz CT molecular complexity index is 787. The number of thiazole rings is 1. The standard InChI is InChI=1S/C20H26N2O5S/c1-4-13(2)19(20(25)26-3)22-16(23)12-27-18(24)11-7-10-17-21-14-8-5-6-9-15(14)28-17/h5-6,8-9,13,19H,4,7,10-12H2,1-3H3,(H,22,23)/t13-,19+/m1/s1. The van der Waals surface area contributed by atoms with Crippen LogP contribution < -0.4 is 5.32 Å². The molecule has 0 unspecified atom stereocenters. The summed E-state index contributed by atoms with van der Waals surface area (Å²) in [5, 5.41) is 3.54. The highest BCUT2D eigenvalue weighted by molar-refractivity contribution is 7.18. The summed E-state index contributed by atoms with van der Waals surface area (Å²) in [6, 6.07) is 7.15. The van der Waals surface area contributed by atoms with E-state index in [-0.39, 0.29) is 12.3 Å². The van der Waals surface area contributed by atoms with Crippen LogP contribution in [0, 0.1) is 5.92 Å². The minimum absolute atomic E-state index is 0.0825. The summed E-state index contributed by atoms with van der Waals surface area (Å²) in [6.45, 7) is 3.35. The number of hydrogen-bond acceptors (Lipinski definition) is 7. The zero-order chi connectivity index (χ0) is 20.5. The van der Waals surface area contributed by atoms with Crippen molar-refractivity contribution in [2.24, 2.45) is 5.92 Å². The van der Waals surface area contributed by atoms with Gasteiger partial charge in [0, 0.05) is 6.42 Å². The van der Waals surface area contributed by atoms with Crippen LogP contribution in [0.25, 0.3) is 10.2 Å². The number of benzene rings is 1. The van der Waals surface area contributed by atoms with Crippen LogP contribution in [-0.2, 0) is 30.3 Å². The van der Waals surface area contributed by atoms with Crippen LogP contribution in [0.1, 0.15) is 38.1 Å². The van der Waals surface area contributed by atoms with E-state index in [4.69, 9.17) is 9.47 Å². The number of nitrogens with zero attached hydrogens (tertiary/aromatic N) is 1. The number of methoxy groups -OCH3 is 1. The van der Waals surface area contributed by atoms with Crippen molar-refractivity contribution in [1.29, 1.82) is 0 Å². The fourth-order valence-electron chi connectivity index (χ4n) is 2.64. The second-order valence-corrected chi connectivity index (χ2v) is 7.66. The number of aromatic nitrogens is 1. The first-order valence-corrected chi connectivity index (χ1v) is 10.1. The number of aryl methyl sites for hydroxylation is 1. The SMILES string of the molecule is CC[C@@H](C)[C@H](NC(=O)COC(=O)CCCc1nc2ccccc2s1)C(=O)OC. The molecule has 0 saturated carbocycles. The van der Waals surface area contributed by atoms with Gasteiger partial charge in [-0.05, 0) is 30.9 Å². The summed E-state index contributed by atoms with van der Waals surface area (Å²) >= 11 is 1.61. The number of fused-ring (bicyclic) bond motifs is 1. The molecule has 8 heteroatoms. The first-order chi connectivity index (χ1) is 13.4. The lowest BCUT2D eigenvalue weighted by atomic mass is 9.99.